The molecule has 1 unspecified atom stereocenters. The van der Waals surface area contributed by atoms with Gasteiger partial charge < -0.3 is 14.7 Å². The first-order valence-corrected chi connectivity index (χ1v) is 10.8. The molecule has 5 heteroatoms. The molecule has 1 heterocycles. The Labute approximate surface area is 184 Å². The van der Waals surface area contributed by atoms with Gasteiger partial charge >= 0.3 is 0 Å². The van der Waals surface area contributed by atoms with Crippen molar-refractivity contribution in [3.8, 4) is 5.75 Å². The summed E-state index contributed by atoms with van der Waals surface area (Å²) >= 11 is 0. The lowest BCUT2D eigenvalue weighted by Gasteiger charge is -2.26. The van der Waals surface area contributed by atoms with Crippen LogP contribution >= 0.6 is 0 Å². The first-order chi connectivity index (χ1) is 14.8. The van der Waals surface area contributed by atoms with E-state index in [1.807, 2.05) is 58.0 Å². The molecule has 1 atom stereocenters. The zero-order valence-electron chi connectivity index (χ0n) is 18.9. The second kappa shape index (κ2) is 9.38. The van der Waals surface area contributed by atoms with Crippen LogP contribution in [0.3, 0.4) is 0 Å². The fraction of sp³-hybridized carbons (Fsp3) is 0.385. The zero-order chi connectivity index (χ0) is 22.7. The van der Waals surface area contributed by atoms with Gasteiger partial charge in [0.05, 0.1) is 18.7 Å². The minimum atomic E-state index is -0.635. The number of carbonyl (C=O) groups excluding carboxylic acids is 2. The number of aryl methyl sites for hydroxylation is 1. The Kier molecular flexibility index (Phi) is 6.84. The number of rotatable bonds is 7. The van der Waals surface area contributed by atoms with E-state index in [1.54, 1.807) is 24.1 Å². The molecule has 1 aliphatic rings. The molecule has 1 amide bonds. The minimum Gasteiger partial charge on any atom is -0.507 e. The number of hydrogen-bond acceptors (Lipinski definition) is 4. The summed E-state index contributed by atoms with van der Waals surface area (Å²) < 4.78 is 5.45. The predicted octanol–water partition coefficient (Wildman–Crippen LogP) is 5.35. The van der Waals surface area contributed by atoms with Crippen LogP contribution in [0.25, 0.3) is 5.76 Å². The van der Waals surface area contributed by atoms with E-state index in [2.05, 4.69) is 0 Å². The Balaban J connectivity index is 2.21. The number of Topliss-reactive ketones (excluding diaryl/α,β-unsaturated/α-hetero) is 1. The van der Waals surface area contributed by atoms with Crippen molar-refractivity contribution in [2.24, 2.45) is 0 Å². The number of benzene rings is 2. The molecule has 0 bridgehead atoms. The molecule has 0 spiro atoms. The van der Waals surface area contributed by atoms with Crippen LogP contribution in [0.4, 0.5) is 0 Å². The van der Waals surface area contributed by atoms with Gasteiger partial charge in [0, 0.05) is 12.1 Å². The van der Waals surface area contributed by atoms with Gasteiger partial charge in [0.15, 0.2) is 0 Å². The number of aliphatic hydroxyl groups excluding tert-OH is 1. The Hall–Kier alpha value is -3.08. The van der Waals surface area contributed by atoms with Crippen molar-refractivity contribution in [1.29, 1.82) is 0 Å². The highest BCUT2D eigenvalue weighted by Gasteiger charge is 2.46. The van der Waals surface area contributed by atoms with Crippen LogP contribution in [0.15, 0.2) is 48.0 Å². The molecule has 0 radical (unpaired) electrons. The van der Waals surface area contributed by atoms with E-state index in [1.165, 1.54) is 0 Å². The SMILES string of the molecule is CCCCN1C(=O)C(=O)/C(=C(/O)c2ccc(OC)c(C(C)C)c2)C1c1ccccc1C. The monoisotopic (exact) mass is 421 g/mol. The van der Waals surface area contributed by atoms with Gasteiger partial charge in [-0.25, -0.2) is 0 Å². The summed E-state index contributed by atoms with van der Waals surface area (Å²) in [5.41, 5.74) is 3.42. The van der Waals surface area contributed by atoms with Gasteiger partial charge in [-0.1, -0.05) is 51.5 Å². The summed E-state index contributed by atoms with van der Waals surface area (Å²) in [4.78, 5) is 27.6. The third kappa shape index (κ3) is 4.22. The van der Waals surface area contributed by atoms with Crippen LogP contribution < -0.4 is 4.74 Å². The Morgan fingerprint density at radius 1 is 1.16 bits per heavy atom. The molecule has 164 valence electrons. The fourth-order valence-corrected chi connectivity index (χ4v) is 4.14. The first kappa shape index (κ1) is 22.6. The van der Waals surface area contributed by atoms with Gasteiger partial charge in [-0.15, -0.1) is 0 Å². The maximum atomic E-state index is 13.1. The number of nitrogens with zero attached hydrogens (tertiary/aromatic N) is 1. The molecule has 3 rings (SSSR count). The van der Waals surface area contributed by atoms with E-state index in [4.69, 9.17) is 4.74 Å². The third-order valence-corrected chi connectivity index (χ3v) is 5.90. The fourth-order valence-electron chi connectivity index (χ4n) is 4.14. The summed E-state index contributed by atoms with van der Waals surface area (Å²) in [5, 5.41) is 11.3. The molecule has 0 saturated carbocycles. The Bertz CT molecular complexity index is 1020. The van der Waals surface area contributed by atoms with Gasteiger partial charge in [-0.05, 0) is 54.2 Å². The number of unbranched alkanes of at least 4 members (excludes halogenated alkanes) is 1. The maximum Gasteiger partial charge on any atom is 0.295 e. The van der Waals surface area contributed by atoms with E-state index in [9.17, 15) is 14.7 Å². The third-order valence-electron chi connectivity index (χ3n) is 5.90. The Morgan fingerprint density at radius 2 is 1.87 bits per heavy atom. The molecule has 31 heavy (non-hydrogen) atoms. The van der Waals surface area contributed by atoms with Crippen molar-refractivity contribution < 1.29 is 19.4 Å². The van der Waals surface area contributed by atoms with Gasteiger partial charge in [0.2, 0.25) is 0 Å². The van der Waals surface area contributed by atoms with Crippen molar-refractivity contribution in [1.82, 2.24) is 4.90 Å². The molecule has 1 aliphatic heterocycles. The van der Waals surface area contributed by atoms with Crippen molar-refractivity contribution in [3.05, 3.63) is 70.3 Å². The van der Waals surface area contributed by atoms with Gasteiger partial charge in [0.25, 0.3) is 11.7 Å². The average molecular weight is 422 g/mol. The van der Waals surface area contributed by atoms with E-state index < -0.39 is 17.7 Å². The molecule has 2 aromatic carbocycles. The normalized spacial score (nSPS) is 18.1. The number of hydrogen-bond donors (Lipinski definition) is 1. The summed E-state index contributed by atoms with van der Waals surface area (Å²) in [6.07, 6.45) is 1.69. The first-order valence-electron chi connectivity index (χ1n) is 10.8. The largest absolute Gasteiger partial charge is 0.507 e. The van der Waals surface area contributed by atoms with Crippen LogP contribution in [-0.2, 0) is 9.59 Å². The van der Waals surface area contributed by atoms with Crippen molar-refractivity contribution in [3.63, 3.8) is 0 Å². The van der Waals surface area contributed by atoms with Crippen LogP contribution in [0.5, 0.6) is 5.75 Å². The van der Waals surface area contributed by atoms with Crippen LogP contribution in [-0.4, -0.2) is 35.4 Å². The van der Waals surface area contributed by atoms with Crippen LogP contribution in [0.1, 0.15) is 67.8 Å². The highest BCUT2D eigenvalue weighted by molar-refractivity contribution is 6.46. The summed E-state index contributed by atoms with van der Waals surface area (Å²) in [7, 11) is 1.61. The predicted molar refractivity (Wildman–Crippen MR) is 122 cm³/mol. The maximum absolute atomic E-state index is 13.1. The van der Waals surface area contributed by atoms with E-state index in [0.29, 0.717) is 12.1 Å². The Morgan fingerprint density at radius 3 is 2.48 bits per heavy atom. The lowest BCUT2D eigenvalue weighted by molar-refractivity contribution is -0.139. The smallest absolute Gasteiger partial charge is 0.295 e. The van der Waals surface area contributed by atoms with Crippen molar-refractivity contribution >= 4 is 17.4 Å². The highest BCUT2D eigenvalue weighted by Crippen LogP contribution is 2.41. The molecule has 1 N–H and O–H groups in total. The number of amides is 1. The number of methoxy groups -OCH3 is 1. The van der Waals surface area contributed by atoms with Gasteiger partial charge in [-0.3, -0.25) is 9.59 Å². The summed E-state index contributed by atoms with van der Waals surface area (Å²) in [6.45, 7) is 8.55. The highest BCUT2D eigenvalue weighted by atomic mass is 16.5. The number of carbonyl (C=O) groups is 2. The van der Waals surface area contributed by atoms with Crippen LogP contribution in [0, 0.1) is 6.92 Å². The number of ketones is 1. The molecule has 0 aromatic heterocycles. The van der Waals surface area contributed by atoms with Crippen LogP contribution in [0.2, 0.25) is 0 Å². The van der Waals surface area contributed by atoms with E-state index >= 15 is 0 Å². The number of ether oxygens (including phenoxy) is 1. The molecular weight excluding hydrogens is 390 g/mol. The average Bonchev–Trinajstić information content (AvgIpc) is 3.01. The number of likely N-dealkylation sites (tertiary alicyclic amines) is 1. The lowest BCUT2D eigenvalue weighted by Crippen LogP contribution is -2.30. The quantitative estimate of drug-likeness (QED) is 0.372. The van der Waals surface area contributed by atoms with Crippen molar-refractivity contribution in [2.45, 2.75) is 52.5 Å². The number of aliphatic hydroxyl groups is 1. The van der Waals surface area contributed by atoms with Gasteiger partial charge in [0.1, 0.15) is 11.5 Å². The molecule has 5 nitrogen and oxygen atoms in total. The second-order valence-corrected chi connectivity index (χ2v) is 8.31. The zero-order valence-corrected chi connectivity index (χ0v) is 18.9. The topological polar surface area (TPSA) is 66.8 Å². The molecule has 2 aromatic rings. The van der Waals surface area contributed by atoms with E-state index in [-0.39, 0.29) is 17.3 Å². The van der Waals surface area contributed by atoms with Gasteiger partial charge in [-0.2, -0.15) is 0 Å². The second-order valence-electron chi connectivity index (χ2n) is 8.31. The molecule has 1 fully saturated rings. The lowest BCUT2D eigenvalue weighted by atomic mass is 9.91. The summed E-state index contributed by atoms with van der Waals surface area (Å²) in [5.74, 6) is -0.438. The minimum absolute atomic E-state index is 0.143. The molecule has 1 saturated heterocycles. The molecular formula is C26H31NO4. The molecule has 0 aliphatic carbocycles. The van der Waals surface area contributed by atoms with E-state index in [0.717, 1.165) is 35.3 Å². The standard InChI is InChI=1S/C26H31NO4/c1-6-7-14-27-23(19-11-9-8-10-17(19)4)22(25(29)26(27)30)24(28)18-12-13-21(31-5)20(15-18)16(2)3/h8-13,15-16,23,28H,6-7,14H2,1-5H3/b24-22+. The summed E-state index contributed by atoms with van der Waals surface area (Å²) in [6, 6.07) is 12.5. The van der Waals surface area contributed by atoms with Crippen molar-refractivity contribution in [2.75, 3.05) is 13.7 Å².